The van der Waals surface area contributed by atoms with E-state index in [0.717, 1.165) is 0 Å². The number of amides is 1. The Kier molecular flexibility index (Phi) is 4.07. The monoisotopic (exact) mass is 260 g/mol. The van der Waals surface area contributed by atoms with Crippen LogP contribution < -0.4 is 15.8 Å². The van der Waals surface area contributed by atoms with Gasteiger partial charge < -0.3 is 20.2 Å². The summed E-state index contributed by atoms with van der Waals surface area (Å²) < 4.78 is 10.6. The summed E-state index contributed by atoms with van der Waals surface area (Å²) >= 11 is 0. The summed E-state index contributed by atoms with van der Waals surface area (Å²) in [7, 11) is 0. The third-order valence-corrected chi connectivity index (χ3v) is 2.55. The number of benzene rings is 1. The highest BCUT2D eigenvalue weighted by Crippen LogP contribution is 2.21. The van der Waals surface area contributed by atoms with E-state index in [9.17, 15) is 4.79 Å². The second-order valence-corrected chi connectivity index (χ2v) is 3.95. The number of hydrogen-bond donors (Lipinski definition) is 2. The predicted octanol–water partition coefficient (Wildman–Crippen LogP) is 2.19. The molecule has 5 nitrogen and oxygen atoms in total. The van der Waals surface area contributed by atoms with Crippen LogP contribution in [0.5, 0.6) is 5.75 Å². The summed E-state index contributed by atoms with van der Waals surface area (Å²) in [5.41, 5.74) is 6.64. The molecule has 100 valence electrons. The number of hydrogen-bond acceptors (Lipinski definition) is 4. The maximum Gasteiger partial charge on any atom is 0.255 e. The van der Waals surface area contributed by atoms with Crippen molar-refractivity contribution in [2.24, 2.45) is 0 Å². The largest absolute Gasteiger partial charge is 0.493 e. The molecule has 2 aromatic rings. The van der Waals surface area contributed by atoms with Crippen LogP contribution in [0.2, 0.25) is 0 Å². The zero-order valence-electron chi connectivity index (χ0n) is 10.7. The van der Waals surface area contributed by atoms with Crippen molar-refractivity contribution in [3.63, 3.8) is 0 Å². The Morgan fingerprint density at radius 3 is 2.95 bits per heavy atom. The molecule has 0 aliphatic carbocycles. The van der Waals surface area contributed by atoms with E-state index in [1.807, 2.05) is 6.92 Å². The lowest BCUT2D eigenvalue weighted by Crippen LogP contribution is -2.23. The molecule has 0 saturated carbocycles. The summed E-state index contributed by atoms with van der Waals surface area (Å²) in [6, 6.07) is 8.56. The number of anilines is 1. The Bertz CT molecular complexity index is 550. The first-order valence-corrected chi connectivity index (χ1v) is 6.03. The van der Waals surface area contributed by atoms with E-state index >= 15 is 0 Å². The summed E-state index contributed by atoms with van der Waals surface area (Å²) in [6.07, 6.45) is 1.56. The molecular formula is C14H16N2O3. The fourth-order valence-corrected chi connectivity index (χ4v) is 1.68. The van der Waals surface area contributed by atoms with Gasteiger partial charge in [0, 0.05) is 5.69 Å². The number of nitrogens with one attached hydrogen (secondary N) is 1. The van der Waals surface area contributed by atoms with Crippen molar-refractivity contribution in [2.45, 2.75) is 13.5 Å². The second-order valence-electron chi connectivity index (χ2n) is 3.95. The van der Waals surface area contributed by atoms with Crippen molar-refractivity contribution < 1.29 is 13.9 Å². The SMILES string of the molecule is CCOc1ccc(N)cc1C(=O)NCc1ccco1. The minimum Gasteiger partial charge on any atom is -0.493 e. The quantitative estimate of drug-likeness (QED) is 0.808. The van der Waals surface area contributed by atoms with Gasteiger partial charge in [0.25, 0.3) is 5.91 Å². The molecule has 0 bridgehead atoms. The maximum atomic E-state index is 12.1. The summed E-state index contributed by atoms with van der Waals surface area (Å²) in [5, 5.41) is 2.76. The average molecular weight is 260 g/mol. The number of nitrogens with two attached hydrogens (primary N) is 1. The van der Waals surface area contributed by atoms with Crippen LogP contribution in [0.3, 0.4) is 0 Å². The van der Waals surface area contributed by atoms with Crippen LogP contribution in [-0.4, -0.2) is 12.5 Å². The van der Waals surface area contributed by atoms with Crippen molar-refractivity contribution in [3.8, 4) is 5.75 Å². The van der Waals surface area contributed by atoms with Crippen molar-refractivity contribution in [1.82, 2.24) is 5.32 Å². The molecule has 0 aliphatic heterocycles. The van der Waals surface area contributed by atoms with Gasteiger partial charge in [0.15, 0.2) is 0 Å². The molecule has 0 radical (unpaired) electrons. The summed E-state index contributed by atoms with van der Waals surface area (Å²) in [4.78, 5) is 12.1. The Morgan fingerprint density at radius 1 is 1.42 bits per heavy atom. The molecule has 0 aliphatic rings. The summed E-state index contributed by atoms with van der Waals surface area (Å²) in [5.74, 6) is 0.969. The minimum absolute atomic E-state index is 0.243. The Labute approximate surface area is 111 Å². The number of ether oxygens (including phenoxy) is 1. The fraction of sp³-hybridized carbons (Fsp3) is 0.214. The van der Waals surface area contributed by atoms with Gasteiger partial charge in [0.1, 0.15) is 11.5 Å². The molecule has 1 heterocycles. The fourth-order valence-electron chi connectivity index (χ4n) is 1.68. The van der Waals surface area contributed by atoms with Gasteiger partial charge in [-0.15, -0.1) is 0 Å². The van der Waals surface area contributed by atoms with Gasteiger partial charge in [-0.25, -0.2) is 0 Å². The van der Waals surface area contributed by atoms with E-state index in [4.69, 9.17) is 14.9 Å². The lowest BCUT2D eigenvalue weighted by molar-refractivity contribution is 0.0944. The van der Waals surface area contributed by atoms with Crippen LogP contribution in [0.4, 0.5) is 5.69 Å². The van der Waals surface area contributed by atoms with E-state index in [0.29, 0.717) is 35.9 Å². The van der Waals surface area contributed by atoms with Gasteiger partial charge >= 0.3 is 0 Å². The van der Waals surface area contributed by atoms with Crippen LogP contribution in [0.1, 0.15) is 23.0 Å². The van der Waals surface area contributed by atoms with Crippen molar-refractivity contribution in [1.29, 1.82) is 0 Å². The zero-order valence-corrected chi connectivity index (χ0v) is 10.7. The molecule has 3 N–H and O–H groups in total. The standard InChI is InChI=1S/C14H16N2O3/c1-2-18-13-6-5-10(15)8-12(13)14(17)16-9-11-4-3-7-19-11/h3-8H,2,9,15H2,1H3,(H,16,17). The number of carbonyl (C=O) groups excluding carboxylic acids is 1. The smallest absolute Gasteiger partial charge is 0.255 e. The Morgan fingerprint density at radius 2 is 2.26 bits per heavy atom. The highest BCUT2D eigenvalue weighted by molar-refractivity contribution is 5.97. The van der Waals surface area contributed by atoms with Crippen molar-refractivity contribution in [3.05, 3.63) is 47.9 Å². The molecule has 2 rings (SSSR count). The van der Waals surface area contributed by atoms with E-state index in [-0.39, 0.29) is 5.91 Å². The van der Waals surface area contributed by atoms with Crippen molar-refractivity contribution in [2.75, 3.05) is 12.3 Å². The third-order valence-electron chi connectivity index (χ3n) is 2.55. The maximum absolute atomic E-state index is 12.1. The zero-order chi connectivity index (χ0) is 13.7. The molecule has 1 aromatic carbocycles. The molecule has 1 amide bonds. The molecule has 0 spiro atoms. The molecular weight excluding hydrogens is 244 g/mol. The van der Waals surface area contributed by atoms with Crippen LogP contribution in [-0.2, 0) is 6.54 Å². The van der Waals surface area contributed by atoms with Gasteiger partial charge in [-0.2, -0.15) is 0 Å². The van der Waals surface area contributed by atoms with Crippen LogP contribution >= 0.6 is 0 Å². The second kappa shape index (κ2) is 5.95. The van der Waals surface area contributed by atoms with Crippen LogP contribution in [0, 0.1) is 0 Å². The first-order chi connectivity index (χ1) is 9.20. The molecule has 0 saturated heterocycles. The number of carbonyl (C=O) groups is 1. The predicted molar refractivity (Wildman–Crippen MR) is 71.9 cm³/mol. The first kappa shape index (κ1) is 13.0. The Hall–Kier alpha value is -2.43. The summed E-state index contributed by atoms with van der Waals surface area (Å²) in [6.45, 7) is 2.68. The van der Waals surface area contributed by atoms with Crippen LogP contribution in [0.25, 0.3) is 0 Å². The molecule has 0 atom stereocenters. The van der Waals surface area contributed by atoms with E-state index in [1.165, 1.54) is 0 Å². The first-order valence-electron chi connectivity index (χ1n) is 6.03. The van der Waals surface area contributed by atoms with Gasteiger partial charge in [0.2, 0.25) is 0 Å². The van der Waals surface area contributed by atoms with Gasteiger partial charge in [-0.05, 0) is 37.3 Å². The topological polar surface area (TPSA) is 77.5 Å². The van der Waals surface area contributed by atoms with Gasteiger partial charge in [0.05, 0.1) is 25.0 Å². The van der Waals surface area contributed by atoms with E-state index in [1.54, 1.807) is 36.6 Å². The number of furan rings is 1. The minimum atomic E-state index is -0.243. The molecule has 5 heteroatoms. The molecule has 0 unspecified atom stereocenters. The average Bonchev–Trinajstić information content (AvgIpc) is 2.91. The highest BCUT2D eigenvalue weighted by Gasteiger charge is 2.13. The highest BCUT2D eigenvalue weighted by atomic mass is 16.5. The van der Waals surface area contributed by atoms with Crippen molar-refractivity contribution >= 4 is 11.6 Å². The van der Waals surface area contributed by atoms with E-state index in [2.05, 4.69) is 5.32 Å². The van der Waals surface area contributed by atoms with Crippen LogP contribution in [0.15, 0.2) is 41.0 Å². The Balaban J connectivity index is 2.11. The molecule has 0 fully saturated rings. The lowest BCUT2D eigenvalue weighted by Gasteiger charge is -2.10. The normalized spacial score (nSPS) is 10.2. The third kappa shape index (κ3) is 3.28. The van der Waals surface area contributed by atoms with Gasteiger partial charge in [-0.1, -0.05) is 0 Å². The lowest BCUT2D eigenvalue weighted by atomic mass is 10.1. The molecule has 1 aromatic heterocycles. The number of rotatable bonds is 5. The van der Waals surface area contributed by atoms with Gasteiger partial charge in [-0.3, -0.25) is 4.79 Å². The van der Waals surface area contributed by atoms with E-state index < -0.39 is 0 Å². The molecule has 19 heavy (non-hydrogen) atoms. The number of nitrogen functional groups attached to an aromatic ring is 1.